The fraction of sp³-hybridized carbons (Fsp3) is 0.320. The average molecular weight is 513 g/mol. The predicted molar refractivity (Wildman–Crippen MR) is 138 cm³/mol. The summed E-state index contributed by atoms with van der Waals surface area (Å²) in [6.07, 6.45) is 6.71. The number of halogens is 2. The summed E-state index contributed by atoms with van der Waals surface area (Å²) in [5.41, 5.74) is 2.17. The largest absolute Gasteiger partial charge is 0.441 e. The van der Waals surface area contributed by atoms with Crippen LogP contribution >= 0.6 is 24.8 Å². The summed E-state index contributed by atoms with van der Waals surface area (Å²) in [7, 11) is 0. The van der Waals surface area contributed by atoms with Gasteiger partial charge in [0, 0.05) is 24.5 Å². The van der Waals surface area contributed by atoms with Crippen molar-refractivity contribution in [1.29, 1.82) is 5.26 Å². The van der Waals surface area contributed by atoms with Gasteiger partial charge in [-0.15, -0.1) is 29.9 Å². The van der Waals surface area contributed by atoms with Crippen molar-refractivity contribution in [2.45, 2.75) is 31.3 Å². The summed E-state index contributed by atoms with van der Waals surface area (Å²) in [6.45, 7) is 1.36. The SMILES string of the molecule is Cl.Cl.N#Cc1cccc(-c2ccc(NC[C@H]3CC[C@]4(CC3)CN(c3cccnn3)C(=O)O4)nc2)c1. The third kappa shape index (κ3) is 5.81. The molecule has 2 aromatic heterocycles. The quantitative estimate of drug-likeness (QED) is 0.497. The molecule has 3 heterocycles. The highest BCUT2D eigenvalue weighted by atomic mass is 35.5. The Kier molecular flexibility index (Phi) is 8.49. The third-order valence-electron chi connectivity index (χ3n) is 6.48. The number of anilines is 2. The number of hydrogen-bond acceptors (Lipinski definition) is 7. The minimum Gasteiger partial charge on any atom is -0.441 e. The lowest BCUT2D eigenvalue weighted by molar-refractivity contribution is 0.0148. The minimum absolute atomic E-state index is 0. The number of nitrogens with one attached hydrogen (secondary N) is 1. The summed E-state index contributed by atoms with van der Waals surface area (Å²) in [5.74, 6) is 1.86. The summed E-state index contributed by atoms with van der Waals surface area (Å²) in [4.78, 5) is 18.5. The Balaban J connectivity index is 0.00000171. The first-order chi connectivity index (χ1) is 16.1. The molecule has 10 heteroatoms. The van der Waals surface area contributed by atoms with Crippen LogP contribution < -0.4 is 10.2 Å². The number of aromatic nitrogens is 3. The van der Waals surface area contributed by atoms with Gasteiger partial charge in [0.05, 0.1) is 18.2 Å². The zero-order chi connectivity index (χ0) is 22.7. The first-order valence-electron chi connectivity index (χ1n) is 11.1. The Hall–Kier alpha value is -3.41. The highest BCUT2D eigenvalue weighted by Crippen LogP contribution is 2.40. The van der Waals surface area contributed by atoms with Crippen LogP contribution in [0.25, 0.3) is 11.1 Å². The van der Waals surface area contributed by atoms with Crippen molar-refractivity contribution >= 4 is 42.5 Å². The van der Waals surface area contributed by atoms with Gasteiger partial charge in [0.1, 0.15) is 11.4 Å². The summed E-state index contributed by atoms with van der Waals surface area (Å²) >= 11 is 0. The van der Waals surface area contributed by atoms with E-state index in [0.717, 1.165) is 49.2 Å². The van der Waals surface area contributed by atoms with E-state index in [1.54, 1.807) is 29.3 Å². The fourth-order valence-corrected chi connectivity index (χ4v) is 4.59. The van der Waals surface area contributed by atoms with Crippen LogP contribution in [0.1, 0.15) is 31.2 Å². The van der Waals surface area contributed by atoms with E-state index in [4.69, 9.17) is 10.00 Å². The molecule has 0 bridgehead atoms. The van der Waals surface area contributed by atoms with E-state index < -0.39 is 5.60 Å². The lowest BCUT2D eigenvalue weighted by atomic mass is 9.78. The molecule has 3 aromatic rings. The molecule has 35 heavy (non-hydrogen) atoms. The molecule has 5 rings (SSSR count). The van der Waals surface area contributed by atoms with E-state index in [2.05, 4.69) is 26.6 Å². The fourth-order valence-electron chi connectivity index (χ4n) is 4.59. The van der Waals surface area contributed by atoms with E-state index in [0.29, 0.717) is 23.8 Å². The van der Waals surface area contributed by atoms with Gasteiger partial charge >= 0.3 is 6.09 Å². The number of ether oxygens (including phenoxy) is 1. The number of pyridine rings is 1. The maximum Gasteiger partial charge on any atom is 0.416 e. The Bertz CT molecular complexity index is 1180. The molecule has 1 amide bonds. The molecule has 1 aromatic carbocycles. The average Bonchev–Trinajstić information content (AvgIpc) is 3.20. The number of hydrogen-bond donors (Lipinski definition) is 1. The van der Waals surface area contributed by atoms with Crippen LogP contribution in [-0.4, -0.2) is 40.0 Å². The molecule has 0 radical (unpaired) electrons. The van der Waals surface area contributed by atoms with E-state index >= 15 is 0 Å². The maximum atomic E-state index is 12.4. The molecule has 8 nitrogen and oxygen atoms in total. The second-order valence-electron chi connectivity index (χ2n) is 8.67. The Morgan fingerprint density at radius 1 is 1.11 bits per heavy atom. The molecule has 2 fully saturated rings. The molecule has 1 N–H and O–H groups in total. The van der Waals surface area contributed by atoms with E-state index in [-0.39, 0.29) is 30.9 Å². The smallest absolute Gasteiger partial charge is 0.416 e. The van der Waals surface area contributed by atoms with Gasteiger partial charge in [-0.05, 0) is 73.6 Å². The molecule has 2 aliphatic rings. The Morgan fingerprint density at radius 2 is 1.94 bits per heavy atom. The Labute approximate surface area is 216 Å². The van der Waals surface area contributed by atoms with Gasteiger partial charge in [-0.2, -0.15) is 10.4 Å². The Morgan fingerprint density at radius 3 is 2.63 bits per heavy atom. The molecule has 0 unspecified atom stereocenters. The minimum atomic E-state index is -0.428. The number of carbonyl (C=O) groups is 1. The summed E-state index contributed by atoms with van der Waals surface area (Å²) < 4.78 is 5.81. The van der Waals surface area contributed by atoms with Crippen molar-refractivity contribution in [2.75, 3.05) is 23.3 Å². The van der Waals surface area contributed by atoms with E-state index in [1.807, 2.05) is 36.5 Å². The van der Waals surface area contributed by atoms with Gasteiger partial charge in [0.2, 0.25) is 0 Å². The second-order valence-corrected chi connectivity index (χ2v) is 8.67. The third-order valence-corrected chi connectivity index (χ3v) is 6.48. The molecular formula is C25H26Cl2N6O2. The summed E-state index contributed by atoms with van der Waals surface area (Å²) in [5, 5.41) is 20.4. The molecule has 1 aliphatic heterocycles. The topological polar surface area (TPSA) is 104 Å². The van der Waals surface area contributed by atoms with Gasteiger partial charge in [0.15, 0.2) is 5.82 Å². The zero-order valence-corrected chi connectivity index (χ0v) is 20.6. The first kappa shape index (κ1) is 26.2. The van der Waals surface area contributed by atoms with E-state index in [1.165, 1.54) is 0 Å². The standard InChI is InChI=1S/C25H24N6O2.2ClH/c26-14-19-3-1-4-20(13-19)21-6-7-22(28-16-21)27-15-18-8-10-25(11-9-18)17-31(24(32)33-25)23-5-2-12-29-30-23;;/h1-7,12-13,16,18H,8-11,15,17H2,(H,27,28);2*1H/t18-,25-;;. The van der Waals surface area contributed by atoms with Crippen LogP contribution in [-0.2, 0) is 4.74 Å². The molecule has 1 saturated heterocycles. The lowest BCUT2D eigenvalue weighted by Crippen LogP contribution is -2.39. The van der Waals surface area contributed by atoms with Crippen LogP contribution in [0.15, 0.2) is 60.9 Å². The molecule has 1 spiro atoms. The van der Waals surface area contributed by atoms with Gasteiger partial charge in [-0.1, -0.05) is 12.1 Å². The molecular weight excluding hydrogens is 487 g/mol. The van der Waals surface area contributed by atoms with Gasteiger partial charge < -0.3 is 10.1 Å². The number of nitrogens with zero attached hydrogens (tertiary/aromatic N) is 5. The highest BCUT2D eigenvalue weighted by Gasteiger charge is 2.48. The highest BCUT2D eigenvalue weighted by molar-refractivity contribution is 5.89. The lowest BCUT2D eigenvalue weighted by Gasteiger charge is -2.35. The van der Waals surface area contributed by atoms with Crippen LogP contribution in [0, 0.1) is 17.2 Å². The monoisotopic (exact) mass is 512 g/mol. The van der Waals surface area contributed by atoms with Crippen molar-refractivity contribution in [3.05, 3.63) is 66.5 Å². The van der Waals surface area contributed by atoms with Crippen molar-refractivity contribution in [3.8, 4) is 17.2 Å². The van der Waals surface area contributed by atoms with Crippen LogP contribution in [0.4, 0.5) is 16.4 Å². The van der Waals surface area contributed by atoms with Crippen LogP contribution in [0.2, 0.25) is 0 Å². The zero-order valence-electron chi connectivity index (χ0n) is 19.0. The molecule has 182 valence electrons. The molecule has 0 atom stereocenters. The van der Waals surface area contributed by atoms with Gasteiger partial charge in [-0.3, -0.25) is 4.90 Å². The van der Waals surface area contributed by atoms with E-state index in [9.17, 15) is 4.79 Å². The number of benzene rings is 1. The van der Waals surface area contributed by atoms with Crippen molar-refractivity contribution in [2.24, 2.45) is 5.92 Å². The van der Waals surface area contributed by atoms with Gasteiger partial charge in [-0.25, -0.2) is 9.78 Å². The number of carbonyl (C=O) groups excluding carboxylic acids is 1. The van der Waals surface area contributed by atoms with Gasteiger partial charge in [0.25, 0.3) is 0 Å². The number of amides is 1. The molecule has 1 aliphatic carbocycles. The normalized spacial score (nSPS) is 20.8. The van der Waals surface area contributed by atoms with Crippen LogP contribution in [0.5, 0.6) is 0 Å². The molecule has 1 saturated carbocycles. The number of rotatable bonds is 5. The first-order valence-corrected chi connectivity index (χ1v) is 11.1. The number of nitriles is 1. The van der Waals surface area contributed by atoms with Crippen molar-refractivity contribution < 1.29 is 9.53 Å². The second kappa shape index (κ2) is 11.3. The maximum absolute atomic E-state index is 12.4. The predicted octanol–water partition coefficient (Wildman–Crippen LogP) is 5.25. The van der Waals surface area contributed by atoms with Crippen molar-refractivity contribution in [3.63, 3.8) is 0 Å². The van der Waals surface area contributed by atoms with Crippen LogP contribution in [0.3, 0.4) is 0 Å². The summed E-state index contributed by atoms with van der Waals surface area (Å²) in [6, 6.07) is 17.2. The van der Waals surface area contributed by atoms with Crippen molar-refractivity contribution in [1.82, 2.24) is 15.2 Å².